The van der Waals surface area contributed by atoms with Crippen molar-refractivity contribution >= 4 is 23.6 Å². The van der Waals surface area contributed by atoms with Crippen LogP contribution in [0.5, 0.6) is 0 Å². The van der Waals surface area contributed by atoms with Gasteiger partial charge in [-0.1, -0.05) is 18.2 Å². The maximum Gasteiger partial charge on any atom is 0.335 e. The molecule has 0 N–H and O–H groups in total. The molecule has 1 aromatic carbocycles. The summed E-state index contributed by atoms with van der Waals surface area (Å²) in [6.07, 6.45) is 6.47. The molecule has 4 aromatic rings. The van der Waals surface area contributed by atoms with Crippen molar-refractivity contribution in [1.29, 1.82) is 0 Å². The SMILES string of the molecule is Cl.Cn1ccnc1CN1CC[C@H](n2c(=O)n(-c3ccccc3)c3cccnc32)C1. The first-order chi connectivity index (χ1) is 13.7. The van der Waals surface area contributed by atoms with Crippen molar-refractivity contribution in [3.8, 4) is 5.69 Å². The molecule has 0 spiro atoms. The third kappa shape index (κ3) is 3.36. The maximum absolute atomic E-state index is 13.4. The van der Waals surface area contributed by atoms with Gasteiger partial charge >= 0.3 is 5.69 Å². The van der Waals surface area contributed by atoms with Gasteiger partial charge in [-0.15, -0.1) is 12.4 Å². The minimum absolute atomic E-state index is 0. The first kappa shape index (κ1) is 19.4. The van der Waals surface area contributed by atoms with Crippen LogP contribution in [-0.2, 0) is 13.6 Å². The first-order valence-corrected chi connectivity index (χ1v) is 9.54. The Kier molecular flexibility index (Phi) is 5.25. The number of benzene rings is 1. The Labute approximate surface area is 174 Å². The van der Waals surface area contributed by atoms with E-state index in [-0.39, 0.29) is 24.1 Å². The summed E-state index contributed by atoms with van der Waals surface area (Å²) in [7, 11) is 2.01. The van der Waals surface area contributed by atoms with E-state index in [1.54, 1.807) is 10.8 Å². The Morgan fingerprint density at radius 1 is 1.07 bits per heavy atom. The highest BCUT2D eigenvalue weighted by Gasteiger charge is 2.29. The lowest BCUT2D eigenvalue weighted by atomic mass is 10.2. The molecule has 1 saturated heterocycles. The van der Waals surface area contributed by atoms with Crippen LogP contribution in [0.25, 0.3) is 16.9 Å². The van der Waals surface area contributed by atoms with Gasteiger partial charge in [0.1, 0.15) is 5.82 Å². The second-order valence-corrected chi connectivity index (χ2v) is 7.30. The third-order valence-electron chi connectivity index (χ3n) is 5.55. The Morgan fingerprint density at radius 2 is 1.90 bits per heavy atom. The van der Waals surface area contributed by atoms with Crippen LogP contribution in [0.4, 0.5) is 0 Å². The number of rotatable bonds is 4. The topological polar surface area (TPSA) is 60.9 Å². The molecule has 0 saturated carbocycles. The normalized spacial score (nSPS) is 16.9. The molecule has 8 heteroatoms. The molecule has 4 heterocycles. The van der Waals surface area contributed by atoms with Crippen molar-refractivity contribution in [2.45, 2.75) is 19.0 Å². The molecule has 1 fully saturated rings. The number of hydrogen-bond acceptors (Lipinski definition) is 4. The number of pyridine rings is 1. The van der Waals surface area contributed by atoms with Gasteiger partial charge in [0.05, 0.1) is 23.8 Å². The van der Waals surface area contributed by atoms with Gasteiger partial charge in [-0.05, 0) is 30.7 Å². The predicted molar refractivity (Wildman–Crippen MR) is 115 cm³/mol. The Bertz CT molecular complexity index is 1180. The first-order valence-electron chi connectivity index (χ1n) is 9.54. The fourth-order valence-electron chi connectivity index (χ4n) is 4.12. The Morgan fingerprint density at radius 3 is 2.66 bits per heavy atom. The minimum Gasteiger partial charge on any atom is -0.337 e. The zero-order chi connectivity index (χ0) is 19.1. The van der Waals surface area contributed by atoms with Crippen molar-refractivity contribution in [2.24, 2.45) is 7.05 Å². The van der Waals surface area contributed by atoms with Crippen molar-refractivity contribution in [1.82, 2.24) is 28.6 Å². The summed E-state index contributed by atoms with van der Waals surface area (Å²) in [6, 6.07) is 13.7. The average Bonchev–Trinajstić information content (AvgIpc) is 3.40. The van der Waals surface area contributed by atoms with Crippen LogP contribution < -0.4 is 5.69 Å². The van der Waals surface area contributed by atoms with Crippen molar-refractivity contribution in [3.63, 3.8) is 0 Å². The van der Waals surface area contributed by atoms with Gasteiger partial charge in [0, 0.05) is 38.7 Å². The fourth-order valence-corrected chi connectivity index (χ4v) is 4.12. The minimum atomic E-state index is -0.0243. The zero-order valence-electron chi connectivity index (χ0n) is 16.2. The summed E-state index contributed by atoms with van der Waals surface area (Å²) < 4.78 is 5.69. The molecule has 1 aliphatic heterocycles. The number of likely N-dealkylation sites (tertiary alicyclic amines) is 1. The molecule has 0 radical (unpaired) electrons. The van der Waals surface area contributed by atoms with Crippen LogP contribution in [-0.4, -0.2) is 41.7 Å². The lowest BCUT2D eigenvalue weighted by Gasteiger charge is -2.16. The van der Waals surface area contributed by atoms with Crippen LogP contribution in [0.15, 0.2) is 65.8 Å². The molecule has 7 nitrogen and oxygen atoms in total. The molecular formula is C21H23ClN6O. The fraction of sp³-hybridized carbons (Fsp3) is 0.286. The number of para-hydroxylation sites is 1. The monoisotopic (exact) mass is 410 g/mol. The van der Waals surface area contributed by atoms with Crippen LogP contribution in [0.3, 0.4) is 0 Å². The summed E-state index contributed by atoms with van der Waals surface area (Å²) in [4.78, 5) is 24.7. The molecule has 0 aliphatic carbocycles. The summed E-state index contributed by atoms with van der Waals surface area (Å²) in [5.74, 6) is 1.04. The van der Waals surface area contributed by atoms with Gasteiger partial charge in [-0.25, -0.2) is 14.8 Å². The molecule has 0 bridgehead atoms. The summed E-state index contributed by atoms with van der Waals surface area (Å²) in [6.45, 7) is 2.55. The summed E-state index contributed by atoms with van der Waals surface area (Å²) in [5.41, 5.74) is 2.44. The number of halogens is 1. The molecule has 1 aliphatic rings. The van der Waals surface area contributed by atoms with E-state index < -0.39 is 0 Å². The van der Waals surface area contributed by atoms with E-state index in [1.807, 2.05) is 71.0 Å². The lowest BCUT2D eigenvalue weighted by Crippen LogP contribution is -2.29. The van der Waals surface area contributed by atoms with Crippen LogP contribution in [0.2, 0.25) is 0 Å². The van der Waals surface area contributed by atoms with Gasteiger partial charge in [-0.3, -0.25) is 14.0 Å². The van der Waals surface area contributed by atoms with E-state index in [2.05, 4.69) is 14.9 Å². The zero-order valence-corrected chi connectivity index (χ0v) is 17.0. The molecule has 29 heavy (non-hydrogen) atoms. The van der Waals surface area contributed by atoms with E-state index in [9.17, 15) is 4.79 Å². The molecule has 1 atom stereocenters. The van der Waals surface area contributed by atoms with E-state index >= 15 is 0 Å². The summed E-state index contributed by atoms with van der Waals surface area (Å²) >= 11 is 0. The van der Waals surface area contributed by atoms with Crippen molar-refractivity contribution in [3.05, 3.63) is 77.4 Å². The smallest absolute Gasteiger partial charge is 0.335 e. The van der Waals surface area contributed by atoms with E-state index in [4.69, 9.17) is 0 Å². The quantitative estimate of drug-likeness (QED) is 0.519. The summed E-state index contributed by atoms with van der Waals surface area (Å²) in [5, 5.41) is 0. The van der Waals surface area contributed by atoms with Crippen LogP contribution >= 0.6 is 12.4 Å². The van der Waals surface area contributed by atoms with Gasteiger partial charge in [0.2, 0.25) is 0 Å². The van der Waals surface area contributed by atoms with E-state index in [0.717, 1.165) is 48.7 Å². The van der Waals surface area contributed by atoms with Gasteiger partial charge < -0.3 is 4.57 Å². The van der Waals surface area contributed by atoms with Crippen molar-refractivity contribution in [2.75, 3.05) is 13.1 Å². The number of aryl methyl sites for hydroxylation is 1. The second kappa shape index (κ2) is 7.85. The highest BCUT2D eigenvalue weighted by Crippen LogP contribution is 2.26. The highest BCUT2D eigenvalue weighted by molar-refractivity contribution is 5.85. The van der Waals surface area contributed by atoms with Gasteiger partial charge in [-0.2, -0.15) is 0 Å². The number of fused-ring (bicyclic) bond motifs is 1. The molecular weight excluding hydrogens is 388 g/mol. The third-order valence-corrected chi connectivity index (χ3v) is 5.55. The molecule has 0 amide bonds. The largest absolute Gasteiger partial charge is 0.337 e. The van der Waals surface area contributed by atoms with Crippen LogP contribution in [0, 0.1) is 0 Å². The Balaban J connectivity index is 0.00000205. The predicted octanol–water partition coefficient (Wildman–Crippen LogP) is 2.79. The van der Waals surface area contributed by atoms with E-state index in [1.165, 1.54) is 0 Å². The number of hydrogen-bond donors (Lipinski definition) is 0. The lowest BCUT2D eigenvalue weighted by molar-refractivity contribution is 0.304. The van der Waals surface area contributed by atoms with E-state index in [0.29, 0.717) is 0 Å². The van der Waals surface area contributed by atoms with Gasteiger partial charge in [0.25, 0.3) is 0 Å². The highest BCUT2D eigenvalue weighted by atomic mass is 35.5. The second-order valence-electron chi connectivity index (χ2n) is 7.30. The number of aromatic nitrogens is 5. The van der Waals surface area contributed by atoms with Crippen LogP contribution in [0.1, 0.15) is 18.3 Å². The van der Waals surface area contributed by atoms with Crippen molar-refractivity contribution < 1.29 is 0 Å². The molecule has 150 valence electrons. The standard InChI is InChI=1S/C21H22N6O.ClH/c1-24-13-11-22-19(24)15-25-12-9-17(14-25)27-20-18(8-5-10-23-20)26(21(27)28)16-6-3-2-4-7-16;/h2-8,10-11,13,17H,9,12,14-15H2,1H3;1H/t17-;/m0./s1. The average molecular weight is 411 g/mol. The number of nitrogens with zero attached hydrogens (tertiary/aromatic N) is 6. The molecule has 3 aromatic heterocycles. The maximum atomic E-state index is 13.4. The Hall–Kier alpha value is -2.90. The number of imidazole rings is 2. The van der Waals surface area contributed by atoms with Gasteiger partial charge in [0.15, 0.2) is 5.65 Å². The molecule has 5 rings (SSSR count). The molecule has 0 unspecified atom stereocenters.